The van der Waals surface area contributed by atoms with Crippen molar-refractivity contribution in [1.29, 1.82) is 0 Å². The van der Waals surface area contributed by atoms with Crippen molar-refractivity contribution < 1.29 is 38.3 Å². The van der Waals surface area contributed by atoms with Crippen molar-refractivity contribution in [2.45, 2.75) is 4.90 Å². The van der Waals surface area contributed by atoms with Crippen LogP contribution in [0.2, 0.25) is 0 Å². The molecule has 66 valence electrons. The Balaban J connectivity index is 0.00000144. The Labute approximate surface area is 126 Å². The van der Waals surface area contributed by atoms with Gasteiger partial charge >= 0.3 is 29.6 Å². The van der Waals surface area contributed by atoms with E-state index in [1.165, 1.54) is 12.1 Å². The Morgan fingerprint density at radius 2 is 1.54 bits per heavy atom. The first kappa shape index (κ1) is 14.8. The zero-order valence-corrected chi connectivity index (χ0v) is 14.1. The molecule has 7 heteroatoms. The molecule has 1 aromatic carbocycles. The van der Waals surface area contributed by atoms with Crippen LogP contribution in [-0.4, -0.2) is 8.76 Å². The summed E-state index contributed by atoms with van der Waals surface area (Å²) in [6, 6.07) is 3.05. The van der Waals surface area contributed by atoms with Crippen molar-refractivity contribution in [3.05, 3.63) is 25.6 Å². The second kappa shape index (κ2) is 6.37. The molecule has 0 radical (unpaired) electrons. The summed E-state index contributed by atoms with van der Waals surface area (Å²) in [6.45, 7) is 0. The van der Waals surface area contributed by atoms with Crippen LogP contribution >= 0.6 is 47.8 Å². The van der Waals surface area contributed by atoms with Crippen molar-refractivity contribution in [3.8, 4) is 0 Å². The van der Waals surface area contributed by atoms with E-state index in [-0.39, 0.29) is 34.5 Å². The SMILES string of the molecule is O=S([O-])c1cc(Br)c(Br)c(Br)c1.[Na+]. The number of hydrogen-bond donors (Lipinski definition) is 0. The molecule has 1 atom stereocenters. The third-order valence-corrected chi connectivity index (χ3v) is 4.94. The standard InChI is InChI=1S/C6H3Br3O2S.Na/c7-4-1-3(12(10)11)2-5(8)6(4)9;/h1-2H,(H,10,11);/q;+1/p-1. The topological polar surface area (TPSA) is 40.1 Å². The van der Waals surface area contributed by atoms with Gasteiger partial charge in [0.1, 0.15) is 0 Å². The monoisotopic (exact) mass is 398 g/mol. The summed E-state index contributed by atoms with van der Waals surface area (Å²) in [7, 11) is 0. The van der Waals surface area contributed by atoms with Crippen LogP contribution in [0.3, 0.4) is 0 Å². The minimum absolute atomic E-state index is 0. The van der Waals surface area contributed by atoms with E-state index < -0.39 is 11.1 Å². The Bertz CT molecular complexity index is 322. The first-order valence-electron chi connectivity index (χ1n) is 2.76. The molecule has 0 amide bonds. The van der Waals surface area contributed by atoms with Gasteiger partial charge in [-0.2, -0.15) is 0 Å². The Kier molecular flexibility index (Phi) is 7.24. The van der Waals surface area contributed by atoms with Crippen LogP contribution in [0, 0.1) is 0 Å². The molecule has 2 nitrogen and oxygen atoms in total. The summed E-state index contributed by atoms with van der Waals surface area (Å²) in [5.41, 5.74) is 0. The summed E-state index contributed by atoms with van der Waals surface area (Å²) >= 11 is 7.51. The van der Waals surface area contributed by atoms with E-state index in [4.69, 9.17) is 0 Å². The van der Waals surface area contributed by atoms with Crippen molar-refractivity contribution in [1.82, 2.24) is 0 Å². The van der Waals surface area contributed by atoms with E-state index in [1.807, 2.05) is 0 Å². The average Bonchev–Trinajstić information content (AvgIpc) is 1.99. The molecule has 0 spiro atoms. The van der Waals surface area contributed by atoms with E-state index in [0.717, 1.165) is 4.47 Å². The quantitative estimate of drug-likeness (QED) is 0.384. The van der Waals surface area contributed by atoms with Crippen molar-refractivity contribution >= 4 is 58.9 Å². The third-order valence-electron chi connectivity index (χ3n) is 1.15. The molecule has 0 bridgehead atoms. The van der Waals surface area contributed by atoms with Crippen LogP contribution < -0.4 is 29.6 Å². The van der Waals surface area contributed by atoms with E-state index in [2.05, 4.69) is 47.8 Å². The molecule has 0 aliphatic carbocycles. The van der Waals surface area contributed by atoms with Crippen LogP contribution in [0.25, 0.3) is 0 Å². The van der Waals surface area contributed by atoms with Crippen molar-refractivity contribution in [2.24, 2.45) is 0 Å². The van der Waals surface area contributed by atoms with Gasteiger partial charge in [-0.05, 0) is 71.0 Å². The molecule has 0 saturated carbocycles. The maximum Gasteiger partial charge on any atom is 1.00 e. The van der Waals surface area contributed by atoms with Gasteiger partial charge in [0.2, 0.25) is 0 Å². The summed E-state index contributed by atoms with van der Waals surface area (Å²) in [5.74, 6) is 0. The van der Waals surface area contributed by atoms with Crippen LogP contribution in [0.15, 0.2) is 30.4 Å². The second-order valence-corrected chi connectivity index (χ2v) is 5.38. The fourth-order valence-corrected chi connectivity index (χ4v) is 2.78. The van der Waals surface area contributed by atoms with Gasteiger partial charge in [-0.25, -0.2) is 0 Å². The van der Waals surface area contributed by atoms with E-state index in [1.54, 1.807) is 0 Å². The fourth-order valence-electron chi connectivity index (χ4n) is 0.628. The molecule has 0 aliphatic rings. The molecule has 1 unspecified atom stereocenters. The molecule has 0 N–H and O–H groups in total. The molecule has 0 aliphatic heterocycles. The first-order valence-corrected chi connectivity index (χ1v) is 6.21. The van der Waals surface area contributed by atoms with Crippen molar-refractivity contribution in [2.75, 3.05) is 0 Å². The predicted octanol–water partition coefficient (Wildman–Crippen LogP) is 0.216. The molecular weight excluding hydrogens is 399 g/mol. The zero-order valence-electron chi connectivity index (χ0n) is 6.51. The van der Waals surface area contributed by atoms with Gasteiger partial charge in [-0.15, -0.1) is 0 Å². The van der Waals surface area contributed by atoms with E-state index in [0.29, 0.717) is 8.95 Å². The molecule has 0 saturated heterocycles. The Morgan fingerprint density at radius 1 is 1.15 bits per heavy atom. The van der Waals surface area contributed by atoms with Gasteiger partial charge in [0.25, 0.3) is 0 Å². The van der Waals surface area contributed by atoms with Gasteiger partial charge in [0, 0.05) is 18.3 Å². The number of benzene rings is 1. The maximum absolute atomic E-state index is 10.6. The van der Waals surface area contributed by atoms with Gasteiger partial charge in [-0.3, -0.25) is 4.21 Å². The molecule has 0 fully saturated rings. The van der Waals surface area contributed by atoms with E-state index >= 15 is 0 Å². The largest absolute Gasteiger partial charge is 1.00 e. The van der Waals surface area contributed by atoms with Crippen LogP contribution in [0.4, 0.5) is 0 Å². The first-order chi connectivity index (χ1) is 5.52. The molecule has 1 rings (SSSR count). The average molecular weight is 401 g/mol. The smallest absolute Gasteiger partial charge is 0.768 e. The van der Waals surface area contributed by atoms with Crippen LogP contribution in [-0.2, 0) is 11.1 Å². The second-order valence-electron chi connectivity index (χ2n) is 1.94. The molecular formula is C6H2Br3NaO2S. The summed E-state index contributed by atoms with van der Waals surface area (Å²) in [6.07, 6.45) is 0. The normalized spacial score (nSPS) is 12.0. The van der Waals surface area contributed by atoms with Gasteiger partial charge in [-0.1, -0.05) is 0 Å². The minimum atomic E-state index is -2.19. The molecule has 0 heterocycles. The molecule has 1 aromatic rings. The number of rotatable bonds is 1. The molecule has 0 aromatic heterocycles. The summed E-state index contributed by atoms with van der Waals surface area (Å²) in [5, 5.41) is 0. The Hall–Kier alpha value is 1.77. The zero-order chi connectivity index (χ0) is 9.30. The fraction of sp³-hybridized carbons (Fsp3) is 0. The molecule has 13 heavy (non-hydrogen) atoms. The third kappa shape index (κ3) is 4.03. The maximum atomic E-state index is 10.6. The van der Waals surface area contributed by atoms with Gasteiger partial charge in [0.05, 0.1) is 0 Å². The van der Waals surface area contributed by atoms with Crippen LogP contribution in [0.1, 0.15) is 0 Å². The van der Waals surface area contributed by atoms with Crippen molar-refractivity contribution in [3.63, 3.8) is 0 Å². The summed E-state index contributed by atoms with van der Waals surface area (Å²) < 4.78 is 23.3. The summed E-state index contributed by atoms with van der Waals surface area (Å²) in [4.78, 5) is 0.247. The van der Waals surface area contributed by atoms with Crippen LogP contribution in [0.5, 0.6) is 0 Å². The predicted molar refractivity (Wildman–Crippen MR) is 56.7 cm³/mol. The van der Waals surface area contributed by atoms with E-state index in [9.17, 15) is 8.76 Å². The number of hydrogen-bond acceptors (Lipinski definition) is 2. The minimum Gasteiger partial charge on any atom is -0.768 e. The Morgan fingerprint density at radius 3 is 1.85 bits per heavy atom. The van der Waals surface area contributed by atoms with Gasteiger partial charge < -0.3 is 4.55 Å². The van der Waals surface area contributed by atoms with Gasteiger partial charge in [0.15, 0.2) is 0 Å². The number of halogens is 3.